The lowest BCUT2D eigenvalue weighted by atomic mass is 9.85. The molecule has 1 N–H and O–H groups in total. The molecule has 0 spiro atoms. The summed E-state index contributed by atoms with van der Waals surface area (Å²) < 4.78 is 6.22. The number of carbonyl (C=O) groups excluding carboxylic acids is 1. The van der Waals surface area contributed by atoms with Crippen molar-refractivity contribution >= 4 is 27.6 Å². The van der Waals surface area contributed by atoms with Gasteiger partial charge in [0.15, 0.2) is 0 Å². The Kier molecular flexibility index (Phi) is 5.46. The molecule has 1 saturated carbocycles. The van der Waals surface area contributed by atoms with E-state index in [2.05, 4.69) is 40.3 Å². The third-order valence-corrected chi connectivity index (χ3v) is 4.35. The fraction of sp³-hybridized carbons (Fsp3) is 0.562. The highest BCUT2D eigenvalue weighted by Crippen LogP contribution is 2.29. The molecular formula is C16H22BrNO2. The Hall–Kier alpha value is -1.03. The molecule has 0 saturated heterocycles. The third kappa shape index (κ3) is 3.98. The zero-order chi connectivity index (χ0) is 14.5. The second-order valence-electron chi connectivity index (χ2n) is 5.42. The van der Waals surface area contributed by atoms with E-state index in [9.17, 15) is 4.79 Å². The van der Waals surface area contributed by atoms with E-state index in [4.69, 9.17) is 4.74 Å². The molecular weight excluding hydrogens is 318 g/mol. The monoisotopic (exact) mass is 339 g/mol. The zero-order valence-corrected chi connectivity index (χ0v) is 13.7. The Balaban J connectivity index is 1.99. The van der Waals surface area contributed by atoms with E-state index in [1.54, 1.807) is 0 Å². The van der Waals surface area contributed by atoms with Gasteiger partial charge in [0.25, 0.3) is 0 Å². The molecule has 0 aliphatic heterocycles. The van der Waals surface area contributed by atoms with Gasteiger partial charge in [0.1, 0.15) is 0 Å². The second kappa shape index (κ2) is 7.11. The fourth-order valence-electron chi connectivity index (χ4n) is 2.76. The molecule has 0 heterocycles. The molecule has 2 atom stereocenters. The molecule has 1 fully saturated rings. The molecule has 0 bridgehead atoms. The third-order valence-electron chi connectivity index (χ3n) is 3.85. The summed E-state index contributed by atoms with van der Waals surface area (Å²) in [6.07, 6.45) is 4.01. The van der Waals surface area contributed by atoms with Gasteiger partial charge in [-0.05, 0) is 50.8 Å². The van der Waals surface area contributed by atoms with E-state index in [0.29, 0.717) is 12.6 Å². The van der Waals surface area contributed by atoms with Crippen molar-refractivity contribution in [2.24, 2.45) is 5.92 Å². The van der Waals surface area contributed by atoms with Crippen molar-refractivity contribution in [1.82, 2.24) is 0 Å². The molecule has 1 aliphatic rings. The Labute approximate surface area is 129 Å². The Morgan fingerprint density at radius 1 is 1.45 bits per heavy atom. The van der Waals surface area contributed by atoms with Gasteiger partial charge < -0.3 is 10.1 Å². The van der Waals surface area contributed by atoms with Gasteiger partial charge in [-0.1, -0.05) is 28.4 Å². The van der Waals surface area contributed by atoms with E-state index in [1.807, 2.05) is 13.0 Å². The molecule has 4 heteroatoms. The molecule has 110 valence electrons. The van der Waals surface area contributed by atoms with Crippen LogP contribution in [0.3, 0.4) is 0 Å². The Morgan fingerprint density at radius 2 is 2.25 bits per heavy atom. The number of nitrogens with one attached hydrogen (secondary N) is 1. The standard InChI is InChI=1S/C16H22BrNO2/c1-3-20-16(19)12-5-4-6-14(9-12)18-15-10-13(17)8-7-11(15)2/h7-8,10,12,14,18H,3-6,9H2,1-2H3. The first kappa shape index (κ1) is 15.4. The van der Waals surface area contributed by atoms with Crippen LogP contribution in [0.25, 0.3) is 0 Å². The number of halogens is 1. The maximum atomic E-state index is 11.9. The van der Waals surface area contributed by atoms with Crippen molar-refractivity contribution in [1.29, 1.82) is 0 Å². The second-order valence-corrected chi connectivity index (χ2v) is 6.33. The van der Waals surface area contributed by atoms with Gasteiger partial charge in [0, 0.05) is 16.2 Å². The fourth-order valence-corrected chi connectivity index (χ4v) is 3.13. The van der Waals surface area contributed by atoms with Crippen molar-refractivity contribution in [2.45, 2.75) is 45.6 Å². The molecule has 1 aromatic rings. The number of hydrogen-bond acceptors (Lipinski definition) is 3. The molecule has 3 nitrogen and oxygen atoms in total. The number of esters is 1. The average molecular weight is 340 g/mol. The minimum absolute atomic E-state index is 0.0371. The molecule has 1 aliphatic carbocycles. The molecule has 0 radical (unpaired) electrons. The summed E-state index contributed by atoms with van der Waals surface area (Å²) in [5.41, 5.74) is 2.38. The van der Waals surface area contributed by atoms with E-state index < -0.39 is 0 Å². The summed E-state index contributed by atoms with van der Waals surface area (Å²) in [7, 11) is 0. The van der Waals surface area contributed by atoms with Crippen molar-refractivity contribution < 1.29 is 9.53 Å². The summed E-state index contributed by atoms with van der Waals surface area (Å²) in [5.74, 6) is 0.0126. The van der Waals surface area contributed by atoms with Crippen LogP contribution in [-0.4, -0.2) is 18.6 Å². The normalized spacial score (nSPS) is 22.4. The van der Waals surface area contributed by atoms with Gasteiger partial charge >= 0.3 is 5.97 Å². The molecule has 1 aromatic carbocycles. The van der Waals surface area contributed by atoms with E-state index >= 15 is 0 Å². The average Bonchev–Trinajstić information content (AvgIpc) is 2.43. The minimum atomic E-state index is -0.0371. The lowest BCUT2D eigenvalue weighted by molar-refractivity contribution is -0.149. The largest absolute Gasteiger partial charge is 0.466 e. The van der Waals surface area contributed by atoms with Gasteiger partial charge in [-0.15, -0.1) is 0 Å². The van der Waals surface area contributed by atoms with Crippen molar-refractivity contribution in [3.8, 4) is 0 Å². The Morgan fingerprint density at radius 3 is 3.00 bits per heavy atom. The molecule has 2 unspecified atom stereocenters. The predicted molar refractivity (Wildman–Crippen MR) is 84.9 cm³/mol. The van der Waals surface area contributed by atoms with Crippen LogP contribution in [0.2, 0.25) is 0 Å². The smallest absolute Gasteiger partial charge is 0.308 e. The number of benzene rings is 1. The number of carbonyl (C=O) groups is 1. The quantitative estimate of drug-likeness (QED) is 0.831. The summed E-state index contributed by atoms with van der Waals surface area (Å²) >= 11 is 3.50. The SMILES string of the molecule is CCOC(=O)C1CCCC(Nc2cc(Br)ccc2C)C1. The first-order valence-corrected chi connectivity index (χ1v) is 8.08. The van der Waals surface area contributed by atoms with Crippen molar-refractivity contribution in [2.75, 3.05) is 11.9 Å². The van der Waals surface area contributed by atoms with E-state index in [-0.39, 0.29) is 11.9 Å². The number of rotatable bonds is 4. The van der Waals surface area contributed by atoms with Crippen LogP contribution < -0.4 is 5.32 Å². The number of anilines is 1. The Bertz CT molecular complexity index is 476. The van der Waals surface area contributed by atoms with Crippen molar-refractivity contribution in [3.05, 3.63) is 28.2 Å². The van der Waals surface area contributed by atoms with Crippen LogP contribution in [-0.2, 0) is 9.53 Å². The molecule has 0 aromatic heterocycles. The van der Waals surface area contributed by atoms with Crippen molar-refractivity contribution in [3.63, 3.8) is 0 Å². The van der Waals surface area contributed by atoms with Crippen LogP contribution in [0, 0.1) is 12.8 Å². The molecule has 2 rings (SSSR count). The molecule has 0 amide bonds. The number of ether oxygens (including phenoxy) is 1. The van der Waals surface area contributed by atoms with Gasteiger partial charge in [-0.2, -0.15) is 0 Å². The van der Waals surface area contributed by atoms with Crippen LogP contribution in [0.1, 0.15) is 38.2 Å². The van der Waals surface area contributed by atoms with Crippen LogP contribution in [0.5, 0.6) is 0 Å². The van der Waals surface area contributed by atoms with Crippen LogP contribution >= 0.6 is 15.9 Å². The first-order chi connectivity index (χ1) is 9.60. The minimum Gasteiger partial charge on any atom is -0.466 e. The first-order valence-electron chi connectivity index (χ1n) is 7.29. The summed E-state index contributed by atoms with van der Waals surface area (Å²) in [6, 6.07) is 6.59. The number of hydrogen-bond donors (Lipinski definition) is 1. The highest BCUT2D eigenvalue weighted by molar-refractivity contribution is 9.10. The maximum Gasteiger partial charge on any atom is 0.308 e. The van der Waals surface area contributed by atoms with Gasteiger partial charge in [0.05, 0.1) is 12.5 Å². The topological polar surface area (TPSA) is 38.3 Å². The maximum absolute atomic E-state index is 11.9. The lowest BCUT2D eigenvalue weighted by Gasteiger charge is -2.29. The lowest BCUT2D eigenvalue weighted by Crippen LogP contribution is -2.32. The van der Waals surface area contributed by atoms with Crippen LogP contribution in [0.15, 0.2) is 22.7 Å². The molecule has 20 heavy (non-hydrogen) atoms. The highest BCUT2D eigenvalue weighted by Gasteiger charge is 2.28. The number of aryl methyl sites for hydroxylation is 1. The summed E-state index contributed by atoms with van der Waals surface area (Å²) in [6.45, 7) is 4.43. The van der Waals surface area contributed by atoms with Gasteiger partial charge in [0.2, 0.25) is 0 Å². The van der Waals surface area contributed by atoms with Gasteiger partial charge in [-0.3, -0.25) is 4.79 Å². The zero-order valence-electron chi connectivity index (χ0n) is 12.1. The van der Waals surface area contributed by atoms with Gasteiger partial charge in [-0.25, -0.2) is 0 Å². The van der Waals surface area contributed by atoms with E-state index in [1.165, 1.54) is 5.56 Å². The summed E-state index contributed by atoms with van der Waals surface area (Å²) in [4.78, 5) is 11.9. The predicted octanol–water partition coefficient (Wildman–Crippen LogP) is 4.29. The highest BCUT2D eigenvalue weighted by atomic mass is 79.9. The summed E-state index contributed by atoms with van der Waals surface area (Å²) in [5, 5.41) is 3.58. The van der Waals surface area contributed by atoms with Crippen LogP contribution in [0.4, 0.5) is 5.69 Å². The van der Waals surface area contributed by atoms with E-state index in [0.717, 1.165) is 35.8 Å².